The van der Waals surface area contributed by atoms with Crippen molar-refractivity contribution in [3.05, 3.63) is 90.3 Å². The zero-order chi connectivity index (χ0) is 21.1. The van der Waals surface area contributed by atoms with E-state index in [-0.39, 0.29) is 22.6 Å². The minimum Gasteiger partial charge on any atom is -0.507 e. The van der Waals surface area contributed by atoms with Crippen molar-refractivity contribution in [3.63, 3.8) is 0 Å². The molecule has 0 aliphatic carbocycles. The first-order valence-corrected chi connectivity index (χ1v) is 9.10. The predicted octanol–water partition coefficient (Wildman–Crippen LogP) is 4.40. The number of imidazole rings is 1. The van der Waals surface area contributed by atoms with E-state index in [4.69, 9.17) is 0 Å². The predicted molar refractivity (Wildman–Crippen MR) is 112 cm³/mol. The molecule has 0 unspecified atom stereocenters. The molecule has 1 aromatic heterocycles. The van der Waals surface area contributed by atoms with Crippen LogP contribution in [0.25, 0.3) is 22.5 Å². The van der Waals surface area contributed by atoms with Gasteiger partial charge in [-0.05, 0) is 41.5 Å². The number of aromatic nitrogens is 2. The van der Waals surface area contributed by atoms with Crippen LogP contribution in [0.2, 0.25) is 0 Å². The lowest BCUT2D eigenvalue weighted by molar-refractivity contribution is 0.0698. The third-order valence-corrected chi connectivity index (χ3v) is 4.62. The molecule has 0 spiro atoms. The van der Waals surface area contributed by atoms with Crippen LogP contribution in [0, 0.1) is 0 Å². The van der Waals surface area contributed by atoms with Gasteiger partial charge in [-0.3, -0.25) is 4.79 Å². The van der Waals surface area contributed by atoms with E-state index in [1.54, 1.807) is 30.6 Å². The maximum Gasteiger partial charge on any atom is 0.337 e. The van der Waals surface area contributed by atoms with Gasteiger partial charge in [0, 0.05) is 18.0 Å². The summed E-state index contributed by atoms with van der Waals surface area (Å²) < 4.78 is 0. The molecule has 7 nitrogen and oxygen atoms in total. The Hall–Kier alpha value is -4.39. The summed E-state index contributed by atoms with van der Waals surface area (Å²) in [5.41, 5.74) is 2.34. The number of H-pyrrole nitrogens is 1. The first kappa shape index (κ1) is 18.9. The summed E-state index contributed by atoms with van der Waals surface area (Å²) in [6, 6.07) is 18.6. The van der Waals surface area contributed by atoms with Gasteiger partial charge in [-0.2, -0.15) is 0 Å². The molecule has 148 valence electrons. The molecule has 4 N–H and O–H groups in total. The van der Waals surface area contributed by atoms with E-state index in [1.807, 2.05) is 30.3 Å². The molecular formula is C23H17N3O4. The number of carbonyl (C=O) groups is 2. The van der Waals surface area contributed by atoms with Gasteiger partial charge < -0.3 is 20.5 Å². The monoisotopic (exact) mass is 399 g/mol. The van der Waals surface area contributed by atoms with Crippen molar-refractivity contribution in [2.45, 2.75) is 0 Å². The molecule has 30 heavy (non-hydrogen) atoms. The number of carbonyl (C=O) groups excluding carboxylic acids is 1. The number of benzene rings is 3. The Balaban J connectivity index is 1.71. The number of aromatic hydroxyl groups is 1. The molecule has 4 rings (SSSR count). The van der Waals surface area contributed by atoms with Gasteiger partial charge >= 0.3 is 5.97 Å². The van der Waals surface area contributed by atoms with Crippen LogP contribution >= 0.6 is 0 Å². The van der Waals surface area contributed by atoms with Gasteiger partial charge in [-0.1, -0.05) is 36.4 Å². The Labute approximate surface area is 171 Å². The van der Waals surface area contributed by atoms with Crippen LogP contribution in [-0.4, -0.2) is 32.1 Å². The molecule has 3 aromatic carbocycles. The number of carboxylic acid groups (broad SMARTS) is 1. The lowest BCUT2D eigenvalue weighted by Gasteiger charge is -2.12. The second kappa shape index (κ2) is 7.92. The molecule has 1 heterocycles. The van der Waals surface area contributed by atoms with Crippen LogP contribution in [0.4, 0.5) is 5.69 Å². The van der Waals surface area contributed by atoms with Crippen molar-refractivity contribution < 1.29 is 19.8 Å². The lowest BCUT2D eigenvalue weighted by Crippen LogP contribution is -2.15. The fourth-order valence-corrected chi connectivity index (χ4v) is 3.12. The number of anilines is 1. The minimum absolute atomic E-state index is 0.00496. The Kier molecular flexibility index (Phi) is 5.00. The number of phenolic OH excluding ortho intramolecular Hbond substituents is 1. The van der Waals surface area contributed by atoms with Crippen molar-refractivity contribution in [3.8, 4) is 28.3 Å². The van der Waals surface area contributed by atoms with Gasteiger partial charge in [0.2, 0.25) is 0 Å². The van der Waals surface area contributed by atoms with Crippen molar-refractivity contribution in [1.82, 2.24) is 9.97 Å². The van der Waals surface area contributed by atoms with Gasteiger partial charge in [0.05, 0.1) is 16.8 Å². The SMILES string of the molecule is O=C(Nc1cc(-c2ccccc2)ccc1C(=O)O)c1cc(-c2ncc[nH]2)ccc1O. The highest BCUT2D eigenvalue weighted by Crippen LogP contribution is 2.28. The van der Waals surface area contributed by atoms with Gasteiger partial charge in [-0.15, -0.1) is 0 Å². The zero-order valence-electron chi connectivity index (χ0n) is 15.7. The molecule has 4 aromatic rings. The number of nitrogens with zero attached hydrogens (tertiary/aromatic N) is 1. The normalized spacial score (nSPS) is 10.5. The first-order chi connectivity index (χ1) is 14.5. The number of carboxylic acids is 1. The van der Waals surface area contributed by atoms with E-state index in [0.29, 0.717) is 11.4 Å². The summed E-state index contributed by atoms with van der Waals surface area (Å²) in [6.07, 6.45) is 3.23. The topological polar surface area (TPSA) is 115 Å². The Morgan fingerprint density at radius 1 is 0.867 bits per heavy atom. The highest BCUT2D eigenvalue weighted by Gasteiger charge is 2.18. The number of aromatic carboxylic acids is 1. The summed E-state index contributed by atoms with van der Waals surface area (Å²) in [4.78, 5) is 31.6. The van der Waals surface area contributed by atoms with Gasteiger partial charge in [0.25, 0.3) is 5.91 Å². The zero-order valence-corrected chi connectivity index (χ0v) is 15.7. The average Bonchev–Trinajstić information content (AvgIpc) is 3.29. The molecule has 0 fully saturated rings. The maximum absolute atomic E-state index is 12.9. The maximum atomic E-state index is 12.9. The molecule has 0 saturated heterocycles. The molecule has 7 heteroatoms. The van der Waals surface area contributed by atoms with Crippen molar-refractivity contribution in [2.75, 3.05) is 5.32 Å². The number of hydrogen-bond acceptors (Lipinski definition) is 4. The number of aromatic amines is 1. The largest absolute Gasteiger partial charge is 0.507 e. The van der Waals surface area contributed by atoms with Gasteiger partial charge in [0.15, 0.2) is 0 Å². The molecule has 0 bridgehead atoms. The van der Waals surface area contributed by atoms with E-state index >= 15 is 0 Å². The van der Waals surface area contributed by atoms with Gasteiger partial charge in [0.1, 0.15) is 11.6 Å². The number of amides is 1. The van der Waals surface area contributed by atoms with Crippen LogP contribution in [0.3, 0.4) is 0 Å². The van der Waals surface area contributed by atoms with Crippen LogP contribution < -0.4 is 5.32 Å². The lowest BCUT2D eigenvalue weighted by atomic mass is 10.0. The van der Waals surface area contributed by atoms with Crippen LogP contribution in [-0.2, 0) is 0 Å². The fourth-order valence-electron chi connectivity index (χ4n) is 3.12. The summed E-state index contributed by atoms with van der Waals surface area (Å²) in [6.45, 7) is 0. The van der Waals surface area contributed by atoms with Crippen LogP contribution in [0.1, 0.15) is 20.7 Å². The number of rotatable bonds is 5. The number of phenols is 1. The first-order valence-electron chi connectivity index (χ1n) is 9.10. The molecule has 0 aliphatic heterocycles. The minimum atomic E-state index is -1.17. The average molecular weight is 399 g/mol. The number of hydrogen-bond donors (Lipinski definition) is 4. The standard InChI is InChI=1S/C23H17N3O4/c27-20-9-7-16(21-24-10-11-25-21)12-18(20)22(28)26-19-13-15(6-8-17(19)23(29)30)14-4-2-1-3-5-14/h1-13,27H,(H,24,25)(H,26,28)(H,29,30). The Morgan fingerprint density at radius 2 is 1.63 bits per heavy atom. The molecule has 0 saturated carbocycles. The molecule has 0 atom stereocenters. The molecule has 0 radical (unpaired) electrons. The summed E-state index contributed by atoms with van der Waals surface area (Å²) in [7, 11) is 0. The van der Waals surface area contributed by atoms with Gasteiger partial charge in [-0.25, -0.2) is 9.78 Å². The van der Waals surface area contributed by atoms with Crippen LogP contribution in [0.15, 0.2) is 79.1 Å². The van der Waals surface area contributed by atoms with E-state index in [2.05, 4.69) is 15.3 Å². The third-order valence-electron chi connectivity index (χ3n) is 4.62. The smallest absolute Gasteiger partial charge is 0.337 e. The van der Waals surface area contributed by atoms with Crippen molar-refractivity contribution in [1.29, 1.82) is 0 Å². The highest BCUT2D eigenvalue weighted by atomic mass is 16.4. The summed E-state index contributed by atoms with van der Waals surface area (Å²) in [5.74, 6) is -1.48. The molecule has 1 amide bonds. The van der Waals surface area contributed by atoms with E-state index < -0.39 is 11.9 Å². The van der Waals surface area contributed by atoms with Crippen molar-refractivity contribution in [2.24, 2.45) is 0 Å². The van der Waals surface area contributed by atoms with E-state index in [0.717, 1.165) is 11.1 Å². The summed E-state index contributed by atoms with van der Waals surface area (Å²) in [5, 5.41) is 22.3. The number of nitrogens with one attached hydrogen (secondary N) is 2. The quantitative estimate of drug-likeness (QED) is 0.397. The summed E-state index contributed by atoms with van der Waals surface area (Å²) >= 11 is 0. The second-order valence-electron chi connectivity index (χ2n) is 6.56. The van der Waals surface area contributed by atoms with E-state index in [9.17, 15) is 19.8 Å². The Morgan fingerprint density at radius 3 is 2.33 bits per heavy atom. The Bertz CT molecular complexity index is 1220. The molecular weight excluding hydrogens is 382 g/mol. The third kappa shape index (κ3) is 3.77. The van der Waals surface area contributed by atoms with Crippen LogP contribution in [0.5, 0.6) is 5.75 Å². The second-order valence-corrected chi connectivity index (χ2v) is 6.56. The van der Waals surface area contributed by atoms with Crippen molar-refractivity contribution >= 4 is 17.6 Å². The highest BCUT2D eigenvalue weighted by molar-refractivity contribution is 6.10. The van der Waals surface area contributed by atoms with E-state index in [1.165, 1.54) is 18.2 Å². The molecule has 0 aliphatic rings. The fraction of sp³-hybridized carbons (Fsp3) is 0.